The number of carbonyl (C=O) groups excluding carboxylic acids is 1. The highest BCUT2D eigenvalue weighted by Gasteiger charge is 2.26. The van der Waals surface area contributed by atoms with Crippen molar-refractivity contribution in [2.45, 2.75) is 38.6 Å². The molecule has 0 saturated heterocycles. The average Bonchev–Trinajstić information content (AvgIpc) is 2.93. The summed E-state index contributed by atoms with van der Waals surface area (Å²) in [5.74, 6) is 0.750. The number of hydrogen-bond acceptors (Lipinski definition) is 4. The minimum atomic E-state index is 0.0500. The highest BCUT2D eigenvalue weighted by molar-refractivity contribution is 5.97. The lowest BCUT2D eigenvalue weighted by Crippen LogP contribution is -2.39. The number of hydrogen-bond donors (Lipinski definition) is 0. The monoisotopic (exact) mass is 273 g/mol. The predicted molar refractivity (Wildman–Crippen MR) is 75.3 cm³/mol. The van der Waals surface area contributed by atoms with E-state index in [2.05, 4.69) is 21.9 Å². The molecule has 106 valence electrons. The third-order valence-corrected chi connectivity index (χ3v) is 4.28. The Kier molecular flexibility index (Phi) is 3.42. The van der Waals surface area contributed by atoms with Crippen molar-refractivity contribution in [1.82, 2.24) is 15.2 Å². The van der Waals surface area contributed by atoms with Gasteiger partial charge in [0.2, 0.25) is 0 Å². The zero-order chi connectivity index (χ0) is 14.1. The molecular weight excluding hydrogens is 254 g/mol. The van der Waals surface area contributed by atoms with E-state index in [0.717, 1.165) is 12.8 Å². The van der Waals surface area contributed by atoms with Gasteiger partial charge in [-0.15, -0.1) is 0 Å². The lowest BCUT2D eigenvalue weighted by Gasteiger charge is -2.34. The van der Waals surface area contributed by atoms with Crippen LogP contribution >= 0.6 is 0 Å². The Morgan fingerprint density at radius 3 is 2.90 bits per heavy atom. The van der Waals surface area contributed by atoms with E-state index >= 15 is 0 Å². The van der Waals surface area contributed by atoms with Crippen LogP contribution in [0.25, 0.3) is 11.0 Å². The van der Waals surface area contributed by atoms with Crippen LogP contribution < -0.4 is 0 Å². The Morgan fingerprint density at radius 1 is 1.30 bits per heavy atom. The van der Waals surface area contributed by atoms with Gasteiger partial charge in [0.05, 0.1) is 0 Å². The van der Waals surface area contributed by atoms with Gasteiger partial charge in [-0.1, -0.05) is 19.8 Å². The van der Waals surface area contributed by atoms with E-state index in [4.69, 9.17) is 0 Å². The molecule has 1 aromatic carbocycles. The molecule has 1 amide bonds. The molecule has 0 spiro atoms. The second-order valence-corrected chi connectivity index (χ2v) is 5.81. The molecule has 5 nitrogen and oxygen atoms in total. The standard InChI is InChI=1S/C15H19N3O2/c1-10-4-3-5-12(8-10)18(2)15(19)11-6-7-13-14(9-11)17-20-16-13/h6-7,9-10,12H,3-5,8H2,1-2H3/t10-,12-/m0/s1. The van der Waals surface area contributed by atoms with Crippen molar-refractivity contribution in [2.75, 3.05) is 7.05 Å². The molecule has 1 heterocycles. The van der Waals surface area contributed by atoms with Crippen LogP contribution in [0.1, 0.15) is 43.0 Å². The van der Waals surface area contributed by atoms with Crippen LogP contribution in [-0.2, 0) is 0 Å². The number of rotatable bonds is 2. The zero-order valence-electron chi connectivity index (χ0n) is 11.9. The third-order valence-electron chi connectivity index (χ3n) is 4.28. The van der Waals surface area contributed by atoms with Crippen LogP contribution in [0.15, 0.2) is 22.8 Å². The van der Waals surface area contributed by atoms with E-state index in [-0.39, 0.29) is 5.91 Å². The fraction of sp³-hybridized carbons (Fsp3) is 0.533. The first-order chi connectivity index (χ1) is 9.65. The summed E-state index contributed by atoms with van der Waals surface area (Å²) in [5.41, 5.74) is 1.95. The number of fused-ring (bicyclic) bond motifs is 1. The summed E-state index contributed by atoms with van der Waals surface area (Å²) in [6, 6.07) is 5.66. The van der Waals surface area contributed by atoms with Gasteiger partial charge in [0.25, 0.3) is 5.91 Å². The number of amides is 1. The van der Waals surface area contributed by atoms with Gasteiger partial charge < -0.3 is 4.90 Å². The van der Waals surface area contributed by atoms with E-state index < -0.39 is 0 Å². The Hall–Kier alpha value is -1.91. The molecule has 1 aliphatic rings. The smallest absolute Gasteiger partial charge is 0.253 e. The highest BCUT2D eigenvalue weighted by Crippen LogP contribution is 2.27. The molecule has 20 heavy (non-hydrogen) atoms. The fourth-order valence-corrected chi connectivity index (χ4v) is 3.04. The predicted octanol–water partition coefficient (Wildman–Crippen LogP) is 2.87. The van der Waals surface area contributed by atoms with Gasteiger partial charge in [0.15, 0.2) is 0 Å². The topological polar surface area (TPSA) is 59.2 Å². The first kappa shape index (κ1) is 13.1. The maximum Gasteiger partial charge on any atom is 0.253 e. The maximum atomic E-state index is 12.6. The molecule has 0 radical (unpaired) electrons. The van der Waals surface area contributed by atoms with Gasteiger partial charge in [-0.05, 0) is 47.3 Å². The summed E-state index contributed by atoms with van der Waals surface area (Å²) >= 11 is 0. The molecule has 1 saturated carbocycles. The van der Waals surface area contributed by atoms with Gasteiger partial charge in [0, 0.05) is 18.7 Å². The van der Waals surface area contributed by atoms with Gasteiger partial charge in [-0.2, -0.15) is 0 Å². The first-order valence-electron chi connectivity index (χ1n) is 7.14. The second kappa shape index (κ2) is 5.23. The van der Waals surface area contributed by atoms with Crippen molar-refractivity contribution in [2.24, 2.45) is 5.92 Å². The molecule has 0 unspecified atom stereocenters. The molecule has 5 heteroatoms. The summed E-state index contributed by atoms with van der Waals surface area (Å²) in [5, 5.41) is 7.54. The number of carbonyl (C=O) groups is 1. The molecule has 1 aromatic heterocycles. The van der Waals surface area contributed by atoms with Crippen LogP contribution in [0.4, 0.5) is 0 Å². The minimum absolute atomic E-state index is 0.0500. The van der Waals surface area contributed by atoms with Crippen LogP contribution in [0.5, 0.6) is 0 Å². The molecule has 3 rings (SSSR count). The summed E-state index contributed by atoms with van der Waals surface area (Å²) < 4.78 is 4.67. The van der Waals surface area contributed by atoms with E-state index in [1.807, 2.05) is 11.9 Å². The average molecular weight is 273 g/mol. The highest BCUT2D eigenvalue weighted by atomic mass is 16.6. The minimum Gasteiger partial charge on any atom is -0.339 e. The van der Waals surface area contributed by atoms with Gasteiger partial charge in [-0.25, -0.2) is 4.63 Å². The summed E-state index contributed by atoms with van der Waals surface area (Å²) in [6.45, 7) is 2.26. The lowest BCUT2D eigenvalue weighted by atomic mass is 9.86. The van der Waals surface area contributed by atoms with Gasteiger partial charge in [-0.3, -0.25) is 4.79 Å². The van der Waals surface area contributed by atoms with Crippen molar-refractivity contribution >= 4 is 16.9 Å². The normalized spacial score (nSPS) is 22.9. The van der Waals surface area contributed by atoms with Crippen LogP contribution in [0, 0.1) is 5.92 Å². The van der Waals surface area contributed by atoms with Gasteiger partial charge >= 0.3 is 0 Å². The largest absolute Gasteiger partial charge is 0.339 e. The van der Waals surface area contributed by atoms with Crippen molar-refractivity contribution in [3.8, 4) is 0 Å². The SMILES string of the molecule is C[C@H]1CCC[C@H](N(C)C(=O)c2ccc3nonc3c2)C1. The molecule has 0 aliphatic heterocycles. The van der Waals surface area contributed by atoms with Crippen molar-refractivity contribution in [3.63, 3.8) is 0 Å². The molecular formula is C15H19N3O2. The summed E-state index contributed by atoms with van der Waals surface area (Å²) in [4.78, 5) is 14.4. The van der Waals surface area contributed by atoms with Crippen molar-refractivity contribution in [3.05, 3.63) is 23.8 Å². The van der Waals surface area contributed by atoms with Crippen molar-refractivity contribution in [1.29, 1.82) is 0 Å². The number of benzene rings is 1. The number of nitrogens with zero attached hydrogens (tertiary/aromatic N) is 3. The van der Waals surface area contributed by atoms with Crippen LogP contribution in [0.2, 0.25) is 0 Å². The second-order valence-electron chi connectivity index (χ2n) is 5.81. The van der Waals surface area contributed by atoms with Gasteiger partial charge in [0.1, 0.15) is 11.0 Å². The Labute approximate surface area is 117 Å². The maximum absolute atomic E-state index is 12.6. The molecule has 1 fully saturated rings. The molecule has 1 aliphatic carbocycles. The quantitative estimate of drug-likeness (QED) is 0.844. The fourth-order valence-electron chi connectivity index (χ4n) is 3.04. The van der Waals surface area contributed by atoms with Crippen LogP contribution in [0.3, 0.4) is 0 Å². The molecule has 0 bridgehead atoms. The number of aromatic nitrogens is 2. The molecule has 2 atom stereocenters. The van der Waals surface area contributed by atoms with E-state index in [1.165, 1.54) is 12.8 Å². The molecule has 0 N–H and O–H groups in total. The van der Waals surface area contributed by atoms with E-state index in [9.17, 15) is 4.79 Å². The Bertz CT molecular complexity index is 622. The van der Waals surface area contributed by atoms with E-state index in [0.29, 0.717) is 28.6 Å². The Balaban J connectivity index is 1.79. The third kappa shape index (κ3) is 2.40. The first-order valence-corrected chi connectivity index (χ1v) is 7.14. The molecule has 2 aromatic rings. The summed E-state index contributed by atoms with van der Waals surface area (Å²) in [6.07, 6.45) is 4.67. The summed E-state index contributed by atoms with van der Waals surface area (Å²) in [7, 11) is 1.90. The van der Waals surface area contributed by atoms with Crippen LogP contribution in [-0.4, -0.2) is 34.2 Å². The Morgan fingerprint density at radius 2 is 2.10 bits per heavy atom. The zero-order valence-corrected chi connectivity index (χ0v) is 11.9. The lowest BCUT2D eigenvalue weighted by molar-refractivity contribution is 0.0672. The van der Waals surface area contributed by atoms with E-state index in [1.54, 1.807) is 18.2 Å². The van der Waals surface area contributed by atoms with Crippen molar-refractivity contribution < 1.29 is 9.42 Å².